The third-order valence-corrected chi connectivity index (χ3v) is 6.81. The van der Waals surface area contributed by atoms with Crippen molar-refractivity contribution in [3.8, 4) is 0 Å². The van der Waals surface area contributed by atoms with Crippen molar-refractivity contribution >= 4 is 10.0 Å². The fourth-order valence-electron chi connectivity index (χ4n) is 3.59. The van der Waals surface area contributed by atoms with E-state index in [9.17, 15) is 12.8 Å². The Balaban J connectivity index is 1.97. The largest absolute Gasteiger partial charge is 0.392 e. The predicted octanol–water partition coefficient (Wildman–Crippen LogP) is 2.05. The van der Waals surface area contributed by atoms with Crippen LogP contribution in [0.25, 0.3) is 0 Å². The fourth-order valence-corrected chi connectivity index (χ4v) is 5.43. The zero-order chi connectivity index (χ0) is 15.2. The topological polar surface area (TPSA) is 57.6 Å². The molecule has 2 atom stereocenters. The molecule has 3 rings (SSSR count). The summed E-state index contributed by atoms with van der Waals surface area (Å²) in [4.78, 5) is -0.00785. The molecule has 1 saturated carbocycles. The van der Waals surface area contributed by atoms with E-state index in [0.717, 1.165) is 12.8 Å². The first-order chi connectivity index (χ1) is 9.93. The summed E-state index contributed by atoms with van der Waals surface area (Å²) in [5, 5.41) is 9.16. The number of benzene rings is 1. The molecule has 1 aliphatic heterocycles. The van der Waals surface area contributed by atoms with Crippen molar-refractivity contribution in [3.05, 3.63) is 29.1 Å². The molecule has 1 saturated heterocycles. The summed E-state index contributed by atoms with van der Waals surface area (Å²) < 4.78 is 40.9. The van der Waals surface area contributed by atoms with Gasteiger partial charge in [-0.05, 0) is 49.3 Å². The lowest BCUT2D eigenvalue weighted by atomic mass is 10.0. The fraction of sp³-hybridized carbons (Fsp3) is 0.600. The number of fused-ring (bicyclic) bond motifs is 1. The molecule has 0 spiro atoms. The molecule has 1 heterocycles. The van der Waals surface area contributed by atoms with Crippen molar-refractivity contribution in [2.24, 2.45) is 11.8 Å². The molecule has 1 N–H and O–H groups in total. The highest BCUT2D eigenvalue weighted by Gasteiger charge is 2.42. The van der Waals surface area contributed by atoms with Crippen molar-refractivity contribution in [1.29, 1.82) is 0 Å². The molecule has 1 aliphatic carbocycles. The normalized spacial score (nSPS) is 26.2. The van der Waals surface area contributed by atoms with Crippen LogP contribution in [0.5, 0.6) is 0 Å². The third-order valence-electron chi connectivity index (χ3n) is 4.85. The average Bonchev–Trinajstić information content (AvgIpc) is 3.02. The number of halogens is 1. The molecule has 1 aromatic carbocycles. The molecule has 0 aromatic heterocycles. The lowest BCUT2D eigenvalue weighted by molar-refractivity contribution is 0.280. The Hall–Kier alpha value is -0.980. The van der Waals surface area contributed by atoms with Gasteiger partial charge in [-0.25, -0.2) is 12.8 Å². The second-order valence-corrected chi connectivity index (χ2v) is 8.04. The number of rotatable bonds is 3. The van der Waals surface area contributed by atoms with Crippen molar-refractivity contribution in [3.63, 3.8) is 0 Å². The molecule has 2 fully saturated rings. The Morgan fingerprint density at radius 3 is 2.48 bits per heavy atom. The monoisotopic (exact) mass is 313 g/mol. The second-order valence-electron chi connectivity index (χ2n) is 6.13. The molecular weight excluding hydrogens is 293 g/mol. The molecule has 2 aliphatic rings. The highest BCUT2D eigenvalue weighted by atomic mass is 32.2. The maximum Gasteiger partial charge on any atom is 0.243 e. The van der Waals surface area contributed by atoms with Crippen LogP contribution in [0.4, 0.5) is 4.39 Å². The molecule has 116 valence electrons. The van der Waals surface area contributed by atoms with Gasteiger partial charge in [0.25, 0.3) is 0 Å². The van der Waals surface area contributed by atoms with E-state index in [1.54, 1.807) is 0 Å². The Kier molecular flexibility index (Phi) is 3.80. The molecular formula is C15H20FNO3S. The van der Waals surface area contributed by atoms with Crippen LogP contribution in [0.15, 0.2) is 17.0 Å². The van der Waals surface area contributed by atoms with E-state index in [1.807, 2.05) is 0 Å². The summed E-state index contributed by atoms with van der Waals surface area (Å²) in [6.45, 7) is 2.18. The van der Waals surface area contributed by atoms with E-state index in [2.05, 4.69) is 0 Å². The van der Waals surface area contributed by atoms with Crippen LogP contribution in [0.2, 0.25) is 0 Å². The second kappa shape index (κ2) is 5.34. The molecule has 0 bridgehead atoms. The Bertz CT molecular complexity index is 647. The maximum atomic E-state index is 13.9. The van der Waals surface area contributed by atoms with Gasteiger partial charge in [0.05, 0.1) is 11.5 Å². The summed E-state index contributed by atoms with van der Waals surface area (Å²) in [5.74, 6) is 0.316. The van der Waals surface area contributed by atoms with Gasteiger partial charge in [0.2, 0.25) is 10.0 Å². The van der Waals surface area contributed by atoms with Gasteiger partial charge in [-0.2, -0.15) is 4.31 Å². The predicted molar refractivity (Wildman–Crippen MR) is 76.6 cm³/mol. The van der Waals surface area contributed by atoms with Crippen molar-refractivity contribution < 1.29 is 17.9 Å². The molecule has 6 heteroatoms. The average molecular weight is 313 g/mol. The highest BCUT2D eigenvalue weighted by Crippen LogP contribution is 2.40. The van der Waals surface area contributed by atoms with Gasteiger partial charge in [0.1, 0.15) is 5.82 Å². The minimum atomic E-state index is -3.68. The first-order valence-electron chi connectivity index (χ1n) is 7.33. The van der Waals surface area contributed by atoms with Crippen LogP contribution >= 0.6 is 0 Å². The van der Waals surface area contributed by atoms with Crippen molar-refractivity contribution in [2.45, 2.75) is 37.7 Å². The summed E-state index contributed by atoms with van der Waals surface area (Å²) in [7, 11) is -3.68. The van der Waals surface area contributed by atoms with E-state index in [4.69, 9.17) is 5.11 Å². The highest BCUT2D eigenvalue weighted by molar-refractivity contribution is 7.89. The van der Waals surface area contributed by atoms with Crippen LogP contribution in [0, 0.1) is 24.6 Å². The van der Waals surface area contributed by atoms with Gasteiger partial charge >= 0.3 is 0 Å². The van der Waals surface area contributed by atoms with Crippen LogP contribution in [-0.4, -0.2) is 30.9 Å². The molecule has 0 amide bonds. The van der Waals surface area contributed by atoms with Gasteiger partial charge in [-0.15, -0.1) is 0 Å². The summed E-state index contributed by atoms with van der Waals surface area (Å²) in [6.07, 6.45) is 3.35. The van der Waals surface area contributed by atoms with Crippen LogP contribution < -0.4 is 0 Å². The SMILES string of the molecule is Cc1c(F)cc(CO)cc1S(=O)(=O)N1CC2CCCC2C1. The first-order valence-corrected chi connectivity index (χ1v) is 8.77. The minimum absolute atomic E-state index is 0.00785. The van der Waals surface area contributed by atoms with E-state index < -0.39 is 15.8 Å². The van der Waals surface area contributed by atoms with E-state index in [1.165, 1.54) is 29.8 Å². The molecule has 0 radical (unpaired) electrons. The number of aliphatic hydroxyl groups excluding tert-OH is 1. The van der Waals surface area contributed by atoms with Gasteiger partial charge < -0.3 is 5.11 Å². The minimum Gasteiger partial charge on any atom is -0.392 e. The van der Waals surface area contributed by atoms with Crippen molar-refractivity contribution in [2.75, 3.05) is 13.1 Å². The smallest absolute Gasteiger partial charge is 0.243 e. The number of sulfonamides is 1. The number of hydrogen-bond acceptors (Lipinski definition) is 3. The summed E-state index contributed by atoms with van der Waals surface area (Å²) in [6, 6.07) is 2.58. The molecule has 2 unspecified atom stereocenters. The standard InChI is InChI=1S/C15H20FNO3S/c1-10-14(16)5-11(9-18)6-15(10)21(19,20)17-7-12-3-2-4-13(12)8-17/h5-6,12-13,18H,2-4,7-9H2,1H3. The van der Waals surface area contributed by atoms with Crippen LogP contribution in [0.1, 0.15) is 30.4 Å². The summed E-state index contributed by atoms with van der Waals surface area (Å²) in [5.41, 5.74) is 0.417. The zero-order valence-electron chi connectivity index (χ0n) is 12.0. The molecule has 4 nitrogen and oxygen atoms in total. The Morgan fingerprint density at radius 1 is 1.29 bits per heavy atom. The Labute approximate surface area is 124 Å². The summed E-state index contributed by atoms with van der Waals surface area (Å²) >= 11 is 0. The first kappa shape index (κ1) is 14.9. The lowest BCUT2D eigenvalue weighted by Gasteiger charge is -2.19. The van der Waals surface area contributed by atoms with E-state index in [0.29, 0.717) is 24.9 Å². The molecule has 21 heavy (non-hydrogen) atoms. The quantitative estimate of drug-likeness (QED) is 0.929. The van der Waals surface area contributed by atoms with Gasteiger partial charge in [-0.3, -0.25) is 0 Å². The van der Waals surface area contributed by atoms with Gasteiger partial charge in [0.15, 0.2) is 0 Å². The third kappa shape index (κ3) is 2.49. The van der Waals surface area contributed by atoms with Gasteiger partial charge in [-0.1, -0.05) is 6.42 Å². The number of nitrogens with zero attached hydrogens (tertiary/aromatic N) is 1. The zero-order valence-corrected chi connectivity index (χ0v) is 12.9. The van der Waals surface area contributed by atoms with Crippen LogP contribution in [0.3, 0.4) is 0 Å². The number of hydrogen-bond donors (Lipinski definition) is 1. The maximum absolute atomic E-state index is 13.9. The van der Waals surface area contributed by atoms with Gasteiger partial charge in [0, 0.05) is 18.7 Å². The molecule has 1 aromatic rings. The Morgan fingerprint density at radius 2 is 1.90 bits per heavy atom. The van der Waals surface area contributed by atoms with E-state index >= 15 is 0 Å². The number of aliphatic hydroxyl groups is 1. The van der Waals surface area contributed by atoms with E-state index in [-0.39, 0.29) is 22.6 Å². The van der Waals surface area contributed by atoms with Crippen LogP contribution in [-0.2, 0) is 16.6 Å². The van der Waals surface area contributed by atoms with Crippen molar-refractivity contribution in [1.82, 2.24) is 4.31 Å². The lowest BCUT2D eigenvalue weighted by Crippen LogP contribution is -2.30.